The van der Waals surface area contributed by atoms with Crippen molar-refractivity contribution in [3.05, 3.63) is 22.9 Å². The molecule has 0 aliphatic heterocycles. The number of likely N-dealkylation sites (N-methyl/N-ethyl adjacent to an activating group) is 1. The summed E-state index contributed by atoms with van der Waals surface area (Å²) in [6.45, 7) is 13.4. The van der Waals surface area contributed by atoms with E-state index in [1.165, 1.54) is 0 Å². The molecule has 1 heterocycles. The lowest BCUT2D eigenvalue weighted by atomic mass is 10.1. The van der Waals surface area contributed by atoms with Gasteiger partial charge in [0.15, 0.2) is 0 Å². The molecule has 4 nitrogen and oxygen atoms in total. The van der Waals surface area contributed by atoms with Gasteiger partial charge in [0.2, 0.25) is 0 Å². The first kappa shape index (κ1) is 15.5. The highest BCUT2D eigenvalue weighted by molar-refractivity contribution is 5.56. The summed E-state index contributed by atoms with van der Waals surface area (Å²) in [6, 6.07) is 4.45. The summed E-state index contributed by atoms with van der Waals surface area (Å²) < 4.78 is 0. The molecule has 1 aromatic rings. The average molecular weight is 260 g/mol. The molecule has 1 unspecified atom stereocenters. The van der Waals surface area contributed by atoms with E-state index in [9.17, 15) is 5.26 Å². The summed E-state index contributed by atoms with van der Waals surface area (Å²) >= 11 is 0. The molecule has 1 N–H and O–H groups in total. The van der Waals surface area contributed by atoms with Crippen molar-refractivity contribution in [1.29, 1.82) is 5.26 Å². The van der Waals surface area contributed by atoms with Crippen molar-refractivity contribution in [3.8, 4) is 6.07 Å². The highest BCUT2D eigenvalue weighted by Crippen LogP contribution is 2.18. The minimum atomic E-state index is 0.265. The van der Waals surface area contributed by atoms with Crippen LogP contribution in [0.2, 0.25) is 0 Å². The normalized spacial score (nSPS) is 12.3. The van der Waals surface area contributed by atoms with Crippen LogP contribution in [0.3, 0.4) is 0 Å². The monoisotopic (exact) mass is 260 g/mol. The zero-order chi connectivity index (χ0) is 14.4. The van der Waals surface area contributed by atoms with Crippen LogP contribution in [0.5, 0.6) is 0 Å². The van der Waals surface area contributed by atoms with Gasteiger partial charge in [0.1, 0.15) is 11.9 Å². The minimum Gasteiger partial charge on any atom is -0.365 e. The fourth-order valence-corrected chi connectivity index (χ4v) is 2.23. The van der Waals surface area contributed by atoms with E-state index in [4.69, 9.17) is 0 Å². The zero-order valence-electron chi connectivity index (χ0n) is 12.6. The molecule has 0 aliphatic rings. The minimum absolute atomic E-state index is 0.265. The lowest BCUT2D eigenvalue weighted by molar-refractivity contribution is 0.294. The van der Waals surface area contributed by atoms with Gasteiger partial charge < -0.3 is 10.2 Å². The number of anilines is 1. The van der Waals surface area contributed by atoms with Gasteiger partial charge in [-0.25, -0.2) is 4.98 Å². The molecule has 0 saturated heterocycles. The van der Waals surface area contributed by atoms with E-state index in [1.54, 1.807) is 0 Å². The summed E-state index contributed by atoms with van der Waals surface area (Å²) in [4.78, 5) is 6.81. The van der Waals surface area contributed by atoms with Crippen molar-refractivity contribution in [2.45, 2.75) is 40.7 Å². The van der Waals surface area contributed by atoms with Gasteiger partial charge in [-0.1, -0.05) is 13.8 Å². The molecule has 1 rings (SSSR count). The fourth-order valence-electron chi connectivity index (χ4n) is 2.23. The van der Waals surface area contributed by atoms with E-state index in [1.807, 2.05) is 19.9 Å². The maximum Gasteiger partial charge on any atom is 0.144 e. The van der Waals surface area contributed by atoms with Crippen molar-refractivity contribution in [1.82, 2.24) is 9.88 Å². The number of nitrogens with zero attached hydrogens (tertiary/aromatic N) is 3. The quantitative estimate of drug-likeness (QED) is 0.854. The highest BCUT2D eigenvalue weighted by atomic mass is 15.1. The van der Waals surface area contributed by atoms with E-state index in [-0.39, 0.29) is 6.04 Å². The van der Waals surface area contributed by atoms with Gasteiger partial charge in [0, 0.05) is 18.3 Å². The molecule has 0 aromatic carbocycles. The number of aryl methyl sites for hydroxylation is 2. The predicted octanol–water partition coefficient (Wildman–Crippen LogP) is 2.71. The molecular weight excluding hydrogens is 236 g/mol. The van der Waals surface area contributed by atoms with Crippen LogP contribution < -0.4 is 5.32 Å². The van der Waals surface area contributed by atoms with E-state index in [0.29, 0.717) is 11.4 Å². The van der Waals surface area contributed by atoms with Crippen molar-refractivity contribution >= 4 is 5.82 Å². The van der Waals surface area contributed by atoms with Gasteiger partial charge in [-0.05, 0) is 45.5 Å². The largest absolute Gasteiger partial charge is 0.365 e. The Balaban J connectivity index is 2.85. The number of aromatic nitrogens is 1. The average Bonchev–Trinajstić information content (AvgIpc) is 2.35. The third-order valence-corrected chi connectivity index (χ3v) is 3.27. The smallest absolute Gasteiger partial charge is 0.144 e. The molecule has 1 aromatic heterocycles. The van der Waals surface area contributed by atoms with Gasteiger partial charge in [0.05, 0.1) is 5.56 Å². The molecule has 0 amide bonds. The summed E-state index contributed by atoms with van der Waals surface area (Å²) in [5, 5.41) is 12.6. The Morgan fingerprint density at radius 1 is 1.37 bits per heavy atom. The number of pyridine rings is 1. The molecular formula is C15H24N4. The molecule has 19 heavy (non-hydrogen) atoms. The molecule has 0 saturated carbocycles. The lowest BCUT2D eigenvalue weighted by Gasteiger charge is -2.24. The Hall–Kier alpha value is -1.60. The Morgan fingerprint density at radius 2 is 2.00 bits per heavy atom. The molecule has 104 valence electrons. The summed E-state index contributed by atoms with van der Waals surface area (Å²) in [7, 11) is 0. The first-order chi connectivity index (χ1) is 9.01. The van der Waals surface area contributed by atoms with Crippen LogP contribution in [0.25, 0.3) is 0 Å². The molecule has 4 heteroatoms. The Morgan fingerprint density at radius 3 is 2.53 bits per heavy atom. The van der Waals surface area contributed by atoms with E-state index in [0.717, 1.165) is 30.9 Å². The van der Waals surface area contributed by atoms with E-state index in [2.05, 4.69) is 42.0 Å². The molecule has 0 fully saturated rings. The number of hydrogen-bond acceptors (Lipinski definition) is 4. The van der Waals surface area contributed by atoms with Crippen molar-refractivity contribution in [3.63, 3.8) is 0 Å². The van der Waals surface area contributed by atoms with Crippen LogP contribution in [0.15, 0.2) is 6.07 Å². The molecule has 1 atom stereocenters. The highest BCUT2D eigenvalue weighted by Gasteiger charge is 2.12. The van der Waals surface area contributed by atoms with Crippen LogP contribution in [-0.4, -0.2) is 35.6 Å². The van der Waals surface area contributed by atoms with Gasteiger partial charge in [-0.3, -0.25) is 0 Å². The number of nitrogens with one attached hydrogen (secondary N) is 1. The fraction of sp³-hybridized carbons (Fsp3) is 0.600. The lowest BCUT2D eigenvalue weighted by Crippen LogP contribution is -2.35. The van der Waals surface area contributed by atoms with Gasteiger partial charge in [-0.15, -0.1) is 0 Å². The second kappa shape index (κ2) is 7.10. The third kappa shape index (κ3) is 4.22. The molecule has 0 bridgehead atoms. The summed E-state index contributed by atoms with van der Waals surface area (Å²) in [5.41, 5.74) is 2.57. The summed E-state index contributed by atoms with van der Waals surface area (Å²) in [5.74, 6) is 0.708. The number of rotatable bonds is 6. The second-order valence-electron chi connectivity index (χ2n) is 4.95. The van der Waals surface area contributed by atoms with Crippen LogP contribution >= 0.6 is 0 Å². The van der Waals surface area contributed by atoms with Crippen LogP contribution in [0.4, 0.5) is 5.82 Å². The van der Waals surface area contributed by atoms with Crippen molar-refractivity contribution in [2.24, 2.45) is 0 Å². The first-order valence-electron chi connectivity index (χ1n) is 6.89. The van der Waals surface area contributed by atoms with E-state index < -0.39 is 0 Å². The zero-order valence-corrected chi connectivity index (χ0v) is 12.6. The Kier molecular flexibility index (Phi) is 5.78. The topological polar surface area (TPSA) is 52.0 Å². The van der Waals surface area contributed by atoms with Crippen LogP contribution in [0.1, 0.15) is 37.6 Å². The van der Waals surface area contributed by atoms with Crippen LogP contribution in [-0.2, 0) is 0 Å². The maximum absolute atomic E-state index is 9.24. The second-order valence-corrected chi connectivity index (χ2v) is 4.95. The third-order valence-electron chi connectivity index (χ3n) is 3.27. The Bertz CT molecular complexity index is 458. The maximum atomic E-state index is 9.24. The van der Waals surface area contributed by atoms with Crippen LogP contribution in [0, 0.1) is 25.2 Å². The molecule has 0 spiro atoms. The number of nitriles is 1. The SMILES string of the molecule is CCN(CC)CC(C)Nc1nc(C)cc(C)c1C#N. The number of hydrogen-bond donors (Lipinski definition) is 1. The standard InChI is InChI=1S/C15H24N4/c1-6-19(7-2)10-13(5)18-15-14(9-16)11(3)8-12(4)17-15/h8,13H,6-7,10H2,1-5H3,(H,17,18). The Labute approximate surface area is 116 Å². The van der Waals surface area contributed by atoms with Gasteiger partial charge in [0.25, 0.3) is 0 Å². The van der Waals surface area contributed by atoms with Gasteiger partial charge >= 0.3 is 0 Å². The summed E-state index contributed by atoms with van der Waals surface area (Å²) in [6.07, 6.45) is 0. The van der Waals surface area contributed by atoms with Gasteiger partial charge in [-0.2, -0.15) is 5.26 Å². The van der Waals surface area contributed by atoms with Crippen molar-refractivity contribution in [2.75, 3.05) is 25.0 Å². The van der Waals surface area contributed by atoms with Crippen molar-refractivity contribution < 1.29 is 0 Å². The molecule has 0 radical (unpaired) electrons. The van der Waals surface area contributed by atoms with E-state index >= 15 is 0 Å². The predicted molar refractivity (Wildman–Crippen MR) is 79.3 cm³/mol. The molecule has 0 aliphatic carbocycles. The first-order valence-corrected chi connectivity index (χ1v) is 6.89.